The molecule has 1 aromatic carbocycles. The summed E-state index contributed by atoms with van der Waals surface area (Å²) in [4.78, 5) is 8.58. The van der Waals surface area contributed by atoms with Gasteiger partial charge in [-0.15, -0.1) is 0 Å². The van der Waals surface area contributed by atoms with Crippen molar-refractivity contribution >= 4 is 17.0 Å². The summed E-state index contributed by atoms with van der Waals surface area (Å²) < 4.78 is 15.4. The summed E-state index contributed by atoms with van der Waals surface area (Å²) in [5.74, 6) is 0.103. The standard InChI is InChI=1S/C15H15FN4/c1-9-4-3-5-18-13(9)8-20-14-6-10(2)11(16)7-12(14)19-15(20)17/h3-7H,8H2,1-2H3,(H2,17,19). The van der Waals surface area contributed by atoms with Gasteiger partial charge in [-0.05, 0) is 37.1 Å². The number of halogens is 1. The Kier molecular flexibility index (Phi) is 2.89. The average molecular weight is 270 g/mol. The van der Waals surface area contributed by atoms with Gasteiger partial charge in [0.15, 0.2) is 0 Å². The molecule has 0 saturated carbocycles. The highest BCUT2D eigenvalue weighted by atomic mass is 19.1. The maximum atomic E-state index is 13.6. The third-order valence-corrected chi connectivity index (χ3v) is 3.48. The first kappa shape index (κ1) is 12.6. The first-order valence-corrected chi connectivity index (χ1v) is 6.38. The Hall–Kier alpha value is -2.43. The predicted octanol–water partition coefficient (Wildman–Crippen LogP) is 2.82. The lowest BCUT2D eigenvalue weighted by molar-refractivity contribution is 0.620. The van der Waals surface area contributed by atoms with Gasteiger partial charge in [0, 0.05) is 12.3 Å². The number of nitrogen functional groups attached to an aromatic ring is 1. The second kappa shape index (κ2) is 4.59. The molecule has 2 heterocycles. The zero-order valence-corrected chi connectivity index (χ0v) is 11.4. The first-order chi connectivity index (χ1) is 9.56. The molecule has 3 rings (SSSR count). The Morgan fingerprint density at radius 1 is 1.25 bits per heavy atom. The number of nitrogens with two attached hydrogens (primary N) is 1. The van der Waals surface area contributed by atoms with E-state index in [0.29, 0.717) is 23.6 Å². The quantitative estimate of drug-likeness (QED) is 0.779. The fourth-order valence-electron chi connectivity index (χ4n) is 2.27. The lowest BCUT2D eigenvalue weighted by Gasteiger charge is -2.08. The van der Waals surface area contributed by atoms with Crippen LogP contribution < -0.4 is 5.73 Å². The number of aryl methyl sites for hydroxylation is 2. The molecule has 0 amide bonds. The Balaban J connectivity index is 2.14. The molecule has 0 fully saturated rings. The van der Waals surface area contributed by atoms with Gasteiger partial charge in [0.25, 0.3) is 0 Å². The van der Waals surface area contributed by atoms with Crippen molar-refractivity contribution in [1.29, 1.82) is 0 Å². The number of imidazole rings is 1. The highest BCUT2D eigenvalue weighted by Gasteiger charge is 2.12. The fourth-order valence-corrected chi connectivity index (χ4v) is 2.27. The summed E-state index contributed by atoms with van der Waals surface area (Å²) >= 11 is 0. The molecule has 102 valence electrons. The number of pyridine rings is 1. The number of aromatic nitrogens is 3. The monoisotopic (exact) mass is 270 g/mol. The van der Waals surface area contributed by atoms with Crippen molar-refractivity contribution in [3.8, 4) is 0 Å². The molecular weight excluding hydrogens is 255 g/mol. The van der Waals surface area contributed by atoms with Crippen molar-refractivity contribution in [3.63, 3.8) is 0 Å². The molecule has 0 aliphatic carbocycles. The van der Waals surface area contributed by atoms with Gasteiger partial charge >= 0.3 is 0 Å². The van der Waals surface area contributed by atoms with E-state index in [2.05, 4.69) is 9.97 Å². The third-order valence-electron chi connectivity index (χ3n) is 3.48. The van der Waals surface area contributed by atoms with Crippen molar-refractivity contribution in [2.45, 2.75) is 20.4 Å². The van der Waals surface area contributed by atoms with Crippen molar-refractivity contribution < 1.29 is 4.39 Å². The SMILES string of the molecule is Cc1cc2c(cc1F)nc(N)n2Cc1ncccc1C. The zero-order chi connectivity index (χ0) is 14.3. The van der Waals surface area contributed by atoms with Crippen LogP contribution in [0.4, 0.5) is 10.3 Å². The fraction of sp³-hybridized carbons (Fsp3) is 0.200. The van der Waals surface area contributed by atoms with Crippen molar-refractivity contribution in [2.24, 2.45) is 0 Å². The molecule has 0 bridgehead atoms. The number of nitrogens with zero attached hydrogens (tertiary/aromatic N) is 3. The summed E-state index contributed by atoms with van der Waals surface area (Å²) in [5.41, 5.74) is 9.95. The van der Waals surface area contributed by atoms with E-state index in [1.807, 2.05) is 23.6 Å². The average Bonchev–Trinajstić information content (AvgIpc) is 2.69. The maximum Gasteiger partial charge on any atom is 0.201 e. The lowest BCUT2D eigenvalue weighted by atomic mass is 10.2. The second-order valence-electron chi connectivity index (χ2n) is 4.91. The highest BCUT2D eigenvalue weighted by molar-refractivity contribution is 5.79. The van der Waals surface area contributed by atoms with Crippen molar-refractivity contribution in [3.05, 3.63) is 53.1 Å². The summed E-state index contributed by atoms with van der Waals surface area (Å²) in [7, 11) is 0. The summed E-state index contributed by atoms with van der Waals surface area (Å²) in [6.07, 6.45) is 1.75. The van der Waals surface area contributed by atoms with Gasteiger partial charge in [-0.25, -0.2) is 9.37 Å². The molecule has 2 N–H and O–H groups in total. The van der Waals surface area contributed by atoms with Crippen LogP contribution >= 0.6 is 0 Å². The van der Waals surface area contributed by atoms with E-state index in [4.69, 9.17) is 5.73 Å². The van der Waals surface area contributed by atoms with Crippen LogP contribution in [0, 0.1) is 19.7 Å². The van der Waals surface area contributed by atoms with E-state index in [-0.39, 0.29) is 5.82 Å². The molecule has 0 saturated heterocycles. The van der Waals surface area contributed by atoms with Crippen molar-refractivity contribution in [1.82, 2.24) is 14.5 Å². The normalized spacial score (nSPS) is 11.2. The molecule has 4 nitrogen and oxygen atoms in total. The molecule has 0 radical (unpaired) electrons. The Morgan fingerprint density at radius 2 is 2.05 bits per heavy atom. The van der Waals surface area contributed by atoms with E-state index < -0.39 is 0 Å². The predicted molar refractivity (Wildman–Crippen MR) is 76.9 cm³/mol. The Bertz CT molecular complexity index is 792. The topological polar surface area (TPSA) is 56.7 Å². The van der Waals surface area contributed by atoms with Crippen LogP contribution in [0.3, 0.4) is 0 Å². The smallest absolute Gasteiger partial charge is 0.201 e. The molecule has 0 aliphatic rings. The molecule has 20 heavy (non-hydrogen) atoms. The maximum absolute atomic E-state index is 13.6. The summed E-state index contributed by atoms with van der Waals surface area (Å²) in [6, 6.07) is 7.09. The third kappa shape index (κ3) is 2.01. The van der Waals surface area contributed by atoms with Gasteiger partial charge in [-0.3, -0.25) is 4.98 Å². The van der Waals surface area contributed by atoms with E-state index >= 15 is 0 Å². The van der Waals surface area contributed by atoms with Crippen LogP contribution in [-0.4, -0.2) is 14.5 Å². The minimum Gasteiger partial charge on any atom is -0.369 e. The largest absolute Gasteiger partial charge is 0.369 e. The molecule has 5 heteroatoms. The van der Waals surface area contributed by atoms with Crippen LogP contribution in [0.1, 0.15) is 16.8 Å². The number of hydrogen-bond acceptors (Lipinski definition) is 3. The first-order valence-electron chi connectivity index (χ1n) is 6.38. The summed E-state index contributed by atoms with van der Waals surface area (Å²) in [5, 5.41) is 0. The molecule has 0 aliphatic heterocycles. The van der Waals surface area contributed by atoms with E-state index in [1.54, 1.807) is 19.2 Å². The van der Waals surface area contributed by atoms with E-state index in [0.717, 1.165) is 16.8 Å². The van der Waals surface area contributed by atoms with Gasteiger partial charge < -0.3 is 10.3 Å². The number of benzene rings is 1. The Morgan fingerprint density at radius 3 is 2.80 bits per heavy atom. The van der Waals surface area contributed by atoms with Crippen LogP contribution in [0.15, 0.2) is 30.5 Å². The van der Waals surface area contributed by atoms with Gasteiger partial charge in [0.1, 0.15) is 5.82 Å². The molecule has 0 spiro atoms. The van der Waals surface area contributed by atoms with E-state index in [9.17, 15) is 4.39 Å². The highest BCUT2D eigenvalue weighted by Crippen LogP contribution is 2.22. The number of hydrogen-bond donors (Lipinski definition) is 1. The van der Waals surface area contributed by atoms with Gasteiger partial charge in [0.2, 0.25) is 5.95 Å². The molecular formula is C15H15FN4. The van der Waals surface area contributed by atoms with Crippen molar-refractivity contribution in [2.75, 3.05) is 5.73 Å². The minimum absolute atomic E-state index is 0.267. The van der Waals surface area contributed by atoms with Crippen LogP contribution in [0.25, 0.3) is 11.0 Å². The number of fused-ring (bicyclic) bond motifs is 1. The zero-order valence-electron chi connectivity index (χ0n) is 11.4. The number of rotatable bonds is 2. The minimum atomic E-state index is -0.267. The molecule has 0 atom stereocenters. The number of anilines is 1. The molecule has 3 aromatic rings. The molecule has 2 aromatic heterocycles. The Labute approximate surface area is 116 Å². The van der Waals surface area contributed by atoms with E-state index in [1.165, 1.54) is 6.07 Å². The van der Waals surface area contributed by atoms with Gasteiger partial charge in [-0.2, -0.15) is 0 Å². The lowest BCUT2D eigenvalue weighted by Crippen LogP contribution is -2.07. The van der Waals surface area contributed by atoms with Crippen LogP contribution in [-0.2, 0) is 6.54 Å². The van der Waals surface area contributed by atoms with Crippen LogP contribution in [0.5, 0.6) is 0 Å². The van der Waals surface area contributed by atoms with Gasteiger partial charge in [-0.1, -0.05) is 6.07 Å². The second-order valence-corrected chi connectivity index (χ2v) is 4.91. The van der Waals surface area contributed by atoms with Gasteiger partial charge in [0.05, 0.1) is 23.3 Å². The summed E-state index contributed by atoms with van der Waals surface area (Å²) in [6.45, 7) is 4.26. The van der Waals surface area contributed by atoms with Crippen LogP contribution in [0.2, 0.25) is 0 Å². The molecule has 0 unspecified atom stereocenters.